The molecule has 0 radical (unpaired) electrons. The molecule has 5 nitrogen and oxygen atoms in total. The third-order valence-corrected chi connectivity index (χ3v) is 12.5. The maximum absolute atomic E-state index is 16.1. The zero-order valence-electron chi connectivity index (χ0n) is 30.8. The Kier molecular flexibility index (Phi) is 7.21. The molecule has 0 aliphatic rings. The molecule has 0 amide bonds. The van der Waals surface area contributed by atoms with Crippen LogP contribution in [0.15, 0.2) is 182 Å². The first kappa shape index (κ1) is 32.7. The van der Waals surface area contributed by atoms with E-state index in [1.807, 2.05) is 66.7 Å². The van der Waals surface area contributed by atoms with Gasteiger partial charge in [0.05, 0.1) is 42.8 Å². The van der Waals surface area contributed by atoms with Gasteiger partial charge in [0.2, 0.25) is 0 Å². The first-order valence-electron chi connectivity index (χ1n) is 19.2. The van der Waals surface area contributed by atoms with Gasteiger partial charge in [-0.05, 0) is 36.4 Å². The van der Waals surface area contributed by atoms with Crippen molar-refractivity contribution in [2.45, 2.75) is 0 Å². The van der Waals surface area contributed by atoms with E-state index in [1.165, 1.54) is 11.3 Å². The second kappa shape index (κ2) is 12.8. The second-order valence-corrected chi connectivity index (χ2v) is 15.5. The summed E-state index contributed by atoms with van der Waals surface area (Å²) in [6.45, 7) is 0. The van der Waals surface area contributed by atoms with Crippen LogP contribution in [0.3, 0.4) is 0 Å². The van der Waals surface area contributed by atoms with Gasteiger partial charge in [0.25, 0.3) is 0 Å². The number of rotatable bonds is 5. The van der Waals surface area contributed by atoms with E-state index in [2.05, 4.69) is 112 Å². The highest BCUT2D eigenvalue weighted by Crippen LogP contribution is 2.49. The molecule has 0 N–H and O–H groups in total. The molecular formula is C51H30FN5S. The fraction of sp³-hybridized carbons (Fsp3) is 0. The van der Waals surface area contributed by atoms with Crippen molar-refractivity contribution in [1.29, 1.82) is 0 Å². The van der Waals surface area contributed by atoms with Crippen LogP contribution >= 0.6 is 11.3 Å². The van der Waals surface area contributed by atoms with Gasteiger partial charge in [0, 0.05) is 49.0 Å². The van der Waals surface area contributed by atoms with Gasteiger partial charge in [-0.25, -0.2) is 19.3 Å². The first-order chi connectivity index (χ1) is 28.7. The maximum atomic E-state index is 16.1. The summed E-state index contributed by atoms with van der Waals surface area (Å²) >= 11 is 1.49. The lowest BCUT2D eigenvalue weighted by Gasteiger charge is -2.21. The predicted octanol–water partition coefficient (Wildman–Crippen LogP) is 13.6. The third kappa shape index (κ3) is 4.84. The number of aromatic nitrogens is 5. The van der Waals surface area contributed by atoms with Gasteiger partial charge < -0.3 is 9.13 Å². The zero-order chi connectivity index (χ0) is 38.3. The zero-order valence-corrected chi connectivity index (χ0v) is 31.7. The van der Waals surface area contributed by atoms with Crippen LogP contribution in [0.1, 0.15) is 0 Å². The van der Waals surface area contributed by atoms with E-state index < -0.39 is 0 Å². The monoisotopic (exact) mass is 763 g/mol. The number of benzene rings is 8. The van der Waals surface area contributed by atoms with Crippen LogP contribution in [0, 0.1) is 5.82 Å². The van der Waals surface area contributed by atoms with E-state index in [0.29, 0.717) is 22.2 Å². The Balaban J connectivity index is 1.35. The number of para-hydroxylation sites is 4. The van der Waals surface area contributed by atoms with Crippen LogP contribution in [-0.4, -0.2) is 24.1 Å². The molecule has 0 bridgehead atoms. The summed E-state index contributed by atoms with van der Waals surface area (Å²) in [5.41, 5.74) is 8.57. The van der Waals surface area contributed by atoms with E-state index in [-0.39, 0.29) is 5.82 Å². The van der Waals surface area contributed by atoms with Crippen molar-refractivity contribution in [2.24, 2.45) is 0 Å². The van der Waals surface area contributed by atoms with Crippen LogP contribution in [0.2, 0.25) is 0 Å². The van der Waals surface area contributed by atoms with Crippen LogP contribution < -0.4 is 0 Å². The smallest absolute Gasteiger partial charge is 0.166 e. The van der Waals surface area contributed by atoms with Gasteiger partial charge in [0.15, 0.2) is 17.5 Å². The number of halogens is 1. The molecule has 4 heterocycles. The number of hydrogen-bond acceptors (Lipinski definition) is 4. The van der Waals surface area contributed by atoms with Gasteiger partial charge in [-0.15, -0.1) is 11.3 Å². The molecule has 0 aliphatic carbocycles. The molecule has 0 atom stereocenters. The lowest BCUT2D eigenvalue weighted by Crippen LogP contribution is -2.08. The molecule has 4 aromatic heterocycles. The van der Waals surface area contributed by atoms with Gasteiger partial charge in [-0.3, -0.25) is 0 Å². The highest BCUT2D eigenvalue weighted by molar-refractivity contribution is 7.26. The summed E-state index contributed by atoms with van der Waals surface area (Å²) in [7, 11) is 0. The molecule has 7 heteroatoms. The Morgan fingerprint density at radius 3 is 1.28 bits per heavy atom. The molecular weight excluding hydrogens is 734 g/mol. The van der Waals surface area contributed by atoms with Crippen molar-refractivity contribution in [3.63, 3.8) is 0 Å². The maximum Gasteiger partial charge on any atom is 0.166 e. The molecule has 0 spiro atoms. The van der Waals surface area contributed by atoms with Crippen molar-refractivity contribution in [3.8, 4) is 45.5 Å². The Bertz CT molecular complexity index is 3420. The predicted molar refractivity (Wildman–Crippen MR) is 238 cm³/mol. The van der Waals surface area contributed by atoms with Gasteiger partial charge in [0.1, 0.15) is 5.82 Å². The largest absolute Gasteiger partial charge is 0.306 e. The Morgan fingerprint density at radius 2 is 0.776 bits per heavy atom. The molecule has 0 aliphatic heterocycles. The molecule has 0 saturated carbocycles. The van der Waals surface area contributed by atoms with E-state index in [1.54, 1.807) is 12.1 Å². The summed E-state index contributed by atoms with van der Waals surface area (Å²) in [4.78, 5) is 15.8. The number of thiophene rings is 1. The second-order valence-electron chi connectivity index (χ2n) is 14.5. The SMILES string of the molecule is Fc1cccc2c1sc1c(-n3c4ccccc4c4ccccc43)c(-n3c4ccccc4c4ccccc43)c(-c3nc(-c4ccccc4)nc(-c4ccccc4)n3)cc12. The number of nitrogens with zero attached hydrogens (tertiary/aromatic N) is 5. The van der Waals surface area contributed by atoms with Crippen LogP contribution in [0.4, 0.5) is 4.39 Å². The van der Waals surface area contributed by atoms with E-state index in [4.69, 9.17) is 15.0 Å². The topological polar surface area (TPSA) is 48.5 Å². The molecule has 8 aromatic carbocycles. The summed E-state index contributed by atoms with van der Waals surface area (Å²) < 4.78 is 22.4. The van der Waals surface area contributed by atoms with Crippen molar-refractivity contribution in [2.75, 3.05) is 0 Å². The quantitative estimate of drug-likeness (QED) is 0.175. The van der Waals surface area contributed by atoms with Crippen molar-refractivity contribution in [1.82, 2.24) is 24.1 Å². The summed E-state index contributed by atoms with van der Waals surface area (Å²) in [5.74, 6) is 1.41. The first-order valence-corrected chi connectivity index (χ1v) is 20.0. The lowest BCUT2D eigenvalue weighted by atomic mass is 10.0. The highest BCUT2D eigenvalue weighted by Gasteiger charge is 2.28. The summed E-state index contributed by atoms with van der Waals surface area (Å²) in [5, 5.41) is 6.30. The fourth-order valence-electron chi connectivity index (χ4n) is 8.73. The molecule has 272 valence electrons. The van der Waals surface area contributed by atoms with Crippen molar-refractivity contribution >= 4 is 75.1 Å². The standard InChI is InChI=1S/C51H30FN5S/c52-40-25-15-24-37-38-30-39(51-54-49(31-16-3-1-4-17-31)53-50(55-51)32-18-5-2-6-19-32)45(56-41-26-11-7-20-33(41)34-21-8-12-27-42(34)56)46(48(38)58-47(37)40)57-43-28-13-9-22-35(43)36-23-10-14-29-44(36)57/h1-30H. The molecule has 0 fully saturated rings. The van der Waals surface area contributed by atoms with Gasteiger partial charge >= 0.3 is 0 Å². The van der Waals surface area contributed by atoms with Crippen LogP contribution in [0.5, 0.6) is 0 Å². The minimum absolute atomic E-state index is 0.246. The van der Waals surface area contributed by atoms with E-state index >= 15 is 4.39 Å². The van der Waals surface area contributed by atoms with E-state index in [0.717, 1.165) is 87.1 Å². The lowest BCUT2D eigenvalue weighted by molar-refractivity contribution is 0.642. The van der Waals surface area contributed by atoms with E-state index in [9.17, 15) is 0 Å². The van der Waals surface area contributed by atoms with Gasteiger partial charge in [-0.1, -0.05) is 146 Å². The Hall–Kier alpha value is -7.48. The van der Waals surface area contributed by atoms with Crippen LogP contribution in [0.25, 0.3) is 109 Å². The minimum atomic E-state index is -0.246. The Morgan fingerprint density at radius 1 is 0.362 bits per heavy atom. The average molecular weight is 764 g/mol. The third-order valence-electron chi connectivity index (χ3n) is 11.2. The number of fused-ring (bicyclic) bond motifs is 9. The molecule has 0 unspecified atom stereocenters. The average Bonchev–Trinajstić information content (AvgIpc) is 3.95. The molecule has 0 saturated heterocycles. The highest BCUT2D eigenvalue weighted by atomic mass is 32.1. The summed E-state index contributed by atoms with van der Waals surface area (Å²) in [6, 6.07) is 61.9. The minimum Gasteiger partial charge on any atom is -0.306 e. The van der Waals surface area contributed by atoms with Crippen molar-refractivity contribution in [3.05, 3.63) is 188 Å². The molecule has 12 aromatic rings. The molecule has 58 heavy (non-hydrogen) atoms. The van der Waals surface area contributed by atoms with Crippen LogP contribution in [-0.2, 0) is 0 Å². The summed E-state index contributed by atoms with van der Waals surface area (Å²) in [6.07, 6.45) is 0. The molecule has 12 rings (SSSR count). The normalized spacial score (nSPS) is 11.9. The fourth-order valence-corrected chi connectivity index (χ4v) is 9.95. The number of hydrogen-bond donors (Lipinski definition) is 0. The Labute approximate surface area is 335 Å². The van der Waals surface area contributed by atoms with Gasteiger partial charge in [-0.2, -0.15) is 0 Å². The van der Waals surface area contributed by atoms with Crippen molar-refractivity contribution < 1.29 is 4.39 Å².